The van der Waals surface area contributed by atoms with Crippen LogP contribution in [0.1, 0.15) is 28.8 Å². The molecule has 1 atom stereocenters. The van der Waals surface area contributed by atoms with E-state index in [4.69, 9.17) is 16.3 Å². The molecular weight excluding hydrogens is 336 g/mol. The van der Waals surface area contributed by atoms with Crippen molar-refractivity contribution >= 4 is 17.5 Å². The van der Waals surface area contributed by atoms with Crippen LogP contribution >= 0.6 is 11.6 Å². The molecule has 0 saturated carbocycles. The molecule has 2 heterocycles. The van der Waals surface area contributed by atoms with E-state index in [0.717, 1.165) is 43.1 Å². The lowest BCUT2D eigenvalue weighted by Gasteiger charge is -2.42. The van der Waals surface area contributed by atoms with Crippen molar-refractivity contribution in [2.24, 2.45) is 0 Å². The van der Waals surface area contributed by atoms with Gasteiger partial charge in [0.1, 0.15) is 11.4 Å². The van der Waals surface area contributed by atoms with E-state index in [1.165, 1.54) is 0 Å². The second kappa shape index (κ2) is 6.70. The molecule has 0 unspecified atom stereocenters. The lowest BCUT2D eigenvalue weighted by Crippen LogP contribution is -2.56. The number of benzene rings is 2. The van der Waals surface area contributed by atoms with Crippen molar-refractivity contribution in [3.8, 4) is 5.75 Å². The number of ether oxygens (including phenoxy) is 1. The van der Waals surface area contributed by atoms with Gasteiger partial charge < -0.3 is 10.1 Å². The van der Waals surface area contributed by atoms with Gasteiger partial charge in [0.25, 0.3) is 5.91 Å². The number of nitrogens with one attached hydrogen (secondary N) is 1. The maximum absolute atomic E-state index is 12.3. The highest BCUT2D eigenvalue weighted by Crippen LogP contribution is 2.32. The topological polar surface area (TPSA) is 41.6 Å². The summed E-state index contributed by atoms with van der Waals surface area (Å²) in [5.41, 5.74) is 1.35. The van der Waals surface area contributed by atoms with Gasteiger partial charge >= 0.3 is 0 Å². The van der Waals surface area contributed by atoms with E-state index in [1.807, 2.05) is 42.5 Å². The highest BCUT2D eigenvalue weighted by molar-refractivity contribution is 6.31. The van der Waals surface area contributed by atoms with Crippen LogP contribution in [0.25, 0.3) is 0 Å². The number of halogens is 1. The van der Waals surface area contributed by atoms with Crippen LogP contribution in [0, 0.1) is 0 Å². The van der Waals surface area contributed by atoms with Crippen LogP contribution < -0.4 is 10.1 Å². The Morgan fingerprint density at radius 1 is 1.16 bits per heavy atom. The molecule has 1 spiro atoms. The second-order valence-electron chi connectivity index (χ2n) is 6.87. The molecule has 1 N–H and O–H groups in total. The van der Waals surface area contributed by atoms with Gasteiger partial charge in [-0.05, 0) is 43.1 Å². The van der Waals surface area contributed by atoms with Crippen LogP contribution in [0.5, 0.6) is 5.75 Å². The summed E-state index contributed by atoms with van der Waals surface area (Å²) in [5, 5.41) is 3.83. The zero-order valence-electron chi connectivity index (χ0n) is 14.0. The van der Waals surface area contributed by atoms with Gasteiger partial charge in [0.05, 0.1) is 12.1 Å². The van der Waals surface area contributed by atoms with Crippen LogP contribution in [-0.4, -0.2) is 36.0 Å². The van der Waals surface area contributed by atoms with E-state index >= 15 is 0 Å². The summed E-state index contributed by atoms with van der Waals surface area (Å²) in [6.45, 7) is 3.10. The van der Waals surface area contributed by atoms with Crippen molar-refractivity contribution in [2.75, 3.05) is 19.6 Å². The van der Waals surface area contributed by atoms with Crippen LogP contribution in [0.4, 0.5) is 0 Å². The predicted molar refractivity (Wildman–Crippen MR) is 98.1 cm³/mol. The maximum atomic E-state index is 12.3. The third-order valence-corrected chi connectivity index (χ3v) is 5.37. The summed E-state index contributed by atoms with van der Waals surface area (Å²) in [5.74, 6) is 0.618. The Labute approximate surface area is 152 Å². The van der Waals surface area contributed by atoms with Gasteiger partial charge in [-0.1, -0.05) is 41.9 Å². The standard InChI is InChI=1S/C20H21ClN2O2/c21-17-8-3-1-6-15(17)12-23-11-5-10-20(14-23)13-22-19(24)16-7-2-4-9-18(16)25-20/h1-4,6-9H,5,10-14H2,(H,22,24)/t20-/m0/s1. The minimum Gasteiger partial charge on any atom is -0.483 e. The Morgan fingerprint density at radius 3 is 2.84 bits per heavy atom. The number of hydrogen-bond acceptors (Lipinski definition) is 3. The average Bonchev–Trinajstić information content (AvgIpc) is 2.75. The van der Waals surface area contributed by atoms with E-state index in [-0.39, 0.29) is 11.5 Å². The first kappa shape index (κ1) is 16.4. The molecule has 1 amide bonds. The van der Waals surface area contributed by atoms with Crippen molar-refractivity contribution < 1.29 is 9.53 Å². The Hall–Kier alpha value is -2.04. The van der Waals surface area contributed by atoms with E-state index in [0.29, 0.717) is 17.9 Å². The molecule has 2 aromatic carbocycles. The molecule has 1 saturated heterocycles. The maximum Gasteiger partial charge on any atom is 0.255 e. The molecule has 130 valence electrons. The van der Waals surface area contributed by atoms with Gasteiger partial charge in [-0.15, -0.1) is 0 Å². The molecule has 5 heteroatoms. The number of carbonyl (C=O) groups excluding carboxylic acids is 1. The number of piperidine rings is 1. The van der Waals surface area contributed by atoms with E-state index in [1.54, 1.807) is 0 Å². The number of hydrogen-bond donors (Lipinski definition) is 1. The molecule has 0 radical (unpaired) electrons. The van der Waals surface area contributed by atoms with Gasteiger partial charge in [0, 0.05) is 18.1 Å². The number of nitrogens with zero attached hydrogens (tertiary/aromatic N) is 1. The lowest BCUT2D eigenvalue weighted by molar-refractivity contribution is -0.00704. The molecule has 4 nitrogen and oxygen atoms in total. The van der Waals surface area contributed by atoms with E-state index in [2.05, 4.69) is 16.3 Å². The highest BCUT2D eigenvalue weighted by atomic mass is 35.5. The first-order valence-electron chi connectivity index (χ1n) is 8.67. The zero-order valence-corrected chi connectivity index (χ0v) is 14.8. The Kier molecular flexibility index (Phi) is 4.40. The summed E-state index contributed by atoms with van der Waals surface area (Å²) in [6, 6.07) is 15.4. The molecule has 4 rings (SSSR count). The fourth-order valence-corrected chi connectivity index (χ4v) is 3.97. The number of fused-ring (bicyclic) bond motifs is 1. The SMILES string of the molecule is O=C1NC[C@]2(CCCN(Cc3ccccc3Cl)C2)Oc2ccccc21. The Balaban J connectivity index is 1.56. The van der Waals surface area contributed by atoms with E-state index < -0.39 is 0 Å². The van der Waals surface area contributed by atoms with Crippen LogP contribution in [0.3, 0.4) is 0 Å². The van der Waals surface area contributed by atoms with Crippen LogP contribution in [-0.2, 0) is 6.54 Å². The highest BCUT2D eigenvalue weighted by Gasteiger charge is 2.40. The molecule has 1 fully saturated rings. The monoisotopic (exact) mass is 356 g/mol. The minimum absolute atomic E-state index is 0.0595. The van der Waals surface area contributed by atoms with Crippen molar-refractivity contribution in [3.63, 3.8) is 0 Å². The first-order valence-corrected chi connectivity index (χ1v) is 9.05. The first-order chi connectivity index (χ1) is 12.2. The molecule has 0 bridgehead atoms. The fourth-order valence-electron chi connectivity index (χ4n) is 3.77. The van der Waals surface area contributed by atoms with Crippen molar-refractivity contribution in [2.45, 2.75) is 25.0 Å². The molecule has 25 heavy (non-hydrogen) atoms. The summed E-state index contributed by atoms with van der Waals surface area (Å²) < 4.78 is 6.40. The Bertz CT molecular complexity index is 795. The normalized spacial score (nSPS) is 23.5. The molecule has 0 aliphatic carbocycles. The second-order valence-corrected chi connectivity index (χ2v) is 7.28. The third-order valence-electron chi connectivity index (χ3n) is 5.00. The fraction of sp³-hybridized carbons (Fsp3) is 0.350. The number of carbonyl (C=O) groups is 1. The smallest absolute Gasteiger partial charge is 0.255 e. The molecular formula is C20H21ClN2O2. The molecule has 2 aliphatic heterocycles. The Morgan fingerprint density at radius 2 is 1.96 bits per heavy atom. The zero-order chi connectivity index (χ0) is 17.3. The van der Waals surface area contributed by atoms with Crippen molar-refractivity contribution in [1.29, 1.82) is 0 Å². The summed E-state index contributed by atoms with van der Waals surface area (Å²) >= 11 is 6.32. The van der Waals surface area contributed by atoms with Gasteiger partial charge in [0.2, 0.25) is 0 Å². The number of likely N-dealkylation sites (tertiary alicyclic amines) is 1. The van der Waals surface area contributed by atoms with Gasteiger partial charge in [-0.2, -0.15) is 0 Å². The van der Waals surface area contributed by atoms with Crippen LogP contribution in [0.2, 0.25) is 5.02 Å². The van der Waals surface area contributed by atoms with Gasteiger partial charge in [-0.3, -0.25) is 9.69 Å². The molecule has 2 aliphatic rings. The minimum atomic E-state index is -0.387. The van der Waals surface area contributed by atoms with Crippen LogP contribution in [0.15, 0.2) is 48.5 Å². The number of amides is 1. The lowest BCUT2D eigenvalue weighted by atomic mass is 9.92. The summed E-state index contributed by atoms with van der Waals surface area (Å²) in [4.78, 5) is 14.7. The van der Waals surface area contributed by atoms with Gasteiger partial charge in [0.15, 0.2) is 0 Å². The van der Waals surface area contributed by atoms with Crippen molar-refractivity contribution in [3.05, 3.63) is 64.7 Å². The summed E-state index contributed by atoms with van der Waals surface area (Å²) in [6.07, 6.45) is 1.96. The predicted octanol–water partition coefficient (Wildman–Crippen LogP) is 3.50. The van der Waals surface area contributed by atoms with E-state index in [9.17, 15) is 4.79 Å². The average molecular weight is 357 g/mol. The number of para-hydroxylation sites is 1. The van der Waals surface area contributed by atoms with Crippen molar-refractivity contribution in [1.82, 2.24) is 10.2 Å². The largest absolute Gasteiger partial charge is 0.483 e. The summed E-state index contributed by atoms with van der Waals surface area (Å²) in [7, 11) is 0. The molecule has 0 aromatic heterocycles. The third kappa shape index (κ3) is 3.37. The molecule has 2 aromatic rings. The van der Waals surface area contributed by atoms with Gasteiger partial charge in [-0.25, -0.2) is 0 Å². The quantitative estimate of drug-likeness (QED) is 0.895. The number of rotatable bonds is 2.